The molecule has 0 saturated carbocycles. The molecule has 0 fully saturated rings. The van der Waals surface area contributed by atoms with Gasteiger partial charge in [0.15, 0.2) is 11.9 Å². The lowest BCUT2D eigenvalue weighted by molar-refractivity contribution is -0.123. The molecule has 1 aromatic carbocycles. The van der Waals surface area contributed by atoms with Crippen molar-refractivity contribution in [3.8, 4) is 0 Å². The Morgan fingerprint density at radius 3 is 2.58 bits per heavy atom. The molecule has 1 heterocycles. The molecule has 1 amide bonds. The summed E-state index contributed by atoms with van der Waals surface area (Å²) in [6, 6.07) is 5.12. The first kappa shape index (κ1) is 19.9. The number of nitrogens with zero attached hydrogens (tertiary/aromatic N) is 1. The summed E-state index contributed by atoms with van der Waals surface area (Å²) < 4.78 is 35.8. The molecule has 2 aromatic rings. The lowest BCUT2D eigenvalue weighted by atomic mass is 10.2. The van der Waals surface area contributed by atoms with E-state index in [1.165, 1.54) is 32.2 Å². The second kappa shape index (κ2) is 7.85. The van der Waals surface area contributed by atoms with E-state index in [9.17, 15) is 18.0 Å². The Morgan fingerprint density at radius 2 is 2.00 bits per heavy atom. The van der Waals surface area contributed by atoms with E-state index in [4.69, 9.17) is 20.9 Å². The van der Waals surface area contributed by atoms with Gasteiger partial charge in [-0.05, 0) is 39.1 Å². The van der Waals surface area contributed by atoms with Gasteiger partial charge in [-0.1, -0.05) is 16.8 Å². The second-order valence-electron chi connectivity index (χ2n) is 5.21. The maximum atomic E-state index is 12.2. The van der Waals surface area contributed by atoms with E-state index < -0.39 is 28.0 Å². The molecule has 0 saturated heterocycles. The third-order valence-corrected chi connectivity index (χ3v) is 5.15. The zero-order valence-electron chi connectivity index (χ0n) is 14.1. The normalized spacial score (nSPS) is 12.5. The van der Waals surface area contributed by atoms with Crippen LogP contribution in [0.3, 0.4) is 0 Å². The maximum Gasteiger partial charge on any atom is 0.338 e. The molecule has 1 unspecified atom stereocenters. The average Bonchev–Trinajstić information content (AvgIpc) is 2.99. The monoisotopic (exact) mass is 401 g/mol. The van der Waals surface area contributed by atoms with Gasteiger partial charge in [0.2, 0.25) is 10.0 Å². The van der Waals surface area contributed by atoms with Crippen LogP contribution in [0.4, 0.5) is 5.82 Å². The highest BCUT2D eigenvalue weighted by Gasteiger charge is 2.23. The lowest BCUT2D eigenvalue weighted by Gasteiger charge is -2.13. The highest BCUT2D eigenvalue weighted by atomic mass is 35.5. The van der Waals surface area contributed by atoms with Crippen molar-refractivity contribution in [2.75, 3.05) is 12.4 Å². The SMILES string of the molecule is CNS(=O)(=O)c1cc(C(=O)OC(C)C(=O)Nc2cc(C)on2)ccc1Cl. The van der Waals surface area contributed by atoms with Crippen LogP contribution in [0.1, 0.15) is 23.0 Å². The number of halogens is 1. The molecule has 2 N–H and O–H groups in total. The molecule has 0 radical (unpaired) electrons. The molecule has 0 aliphatic carbocycles. The number of nitrogens with one attached hydrogen (secondary N) is 2. The van der Waals surface area contributed by atoms with E-state index >= 15 is 0 Å². The number of carbonyl (C=O) groups is 2. The van der Waals surface area contributed by atoms with E-state index in [-0.39, 0.29) is 21.3 Å². The number of benzene rings is 1. The Labute approximate surface area is 154 Å². The van der Waals surface area contributed by atoms with Gasteiger partial charge < -0.3 is 14.6 Å². The number of aromatic nitrogens is 1. The molecule has 11 heteroatoms. The van der Waals surface area contributed by atoms with Crippen LogP contribution < -0.4 is 10.0 Å². The summed E-state index contributed by atoms with van der Waals surface area (Å²) in [4.78, 5) is 23.9. The van der Waals surface area contributed by atoms with E-state index in [1.54, 1.807) is 6.92 Å². The minimum Gasteiger partial charge on any atom is -0.449 e. The van der Waals surface area contributed by atoms with Crippen molar-refractivity contribution in [3.63, 3.8) is 0 Å². The van der Waals surface area contributed by atoms with Crippen LogP contribution in [-0.4, -0.2) is 38.6 Å². The van der Waals surface area contributed by atoms with Gasteiger partial charge in [0.05, 0.1) is 10.6 Å². The zero-order chi connectivity index (χ0) is 19.5. The topological polar surface area (TPSA) is 128 Å². The summed E-state index contributed by atoms with van der Waals surface area (Å²) in [5.74, 6) is -0.814. The van der Waals surface area contributed by atoms with Crippen molar-refractivity contribution in [2.45, 2.75) is 24.8 Å². The number of sulfonamides is 1. The van der Waals surface area contributed by atoms with E-state index in [0.717, 1.165) is 6.07 Å². The molecule has 0 bridgehead atoms. The van der Waals surface area contributed by atoms with Crippen LogP contribution in [0.2, 0.25) is 5.02 Å². The molecular weight excluding hydrogens is 386 g/mol. The molecule has 2 rings (SSSR count). The number of anilines is 1. The highest BCUT2D eigenvalue weighted by molar-refractivity contribution is 7.89. The minimum absolute atomic E-state index is 0.0527. The zero-order valence-corrected chi connectivity index (χ0v) is 15.6. The van der Waals surface area contributed by atoms with Crippen molar-refractivity contribution in [3.05, 3.63) is 40.6 Å². The predicted octanol–water partition coefficient (Wildman–Crippen LogP) is 1.73. The molecule has 1 atom stereocenters. The summed E-state index contributed by atoms with van der Waals surface area (Å²) in [6.07, 6.45) is -1.15. The van der Waals surface area contributed by atoms with Gasteiger partial charge >= 0.3 is 5.97 Å². The fraction of sp³-hybridized carbons (Fsp3) is 0.267. The highest BCUT2D eigenvalue weighted by Crippen LogP contribution is 2.23. The number of esters is 1. The van der Waals surface area contributed by atoms with Crippen LogP contribution in [0, 0.1) is 6.92 Å². The fourth-order valence-corrected chi connectivity index (χ4v) is 3.13. The predicted molar refractivity (Wildman–Crippen MR) is 92.4 cm³/mol. The van der Waals surface area contributed by atoms with Gasteiger partial charge in [-0.2, -0.15) is 0 Å². The molecule has 0 aliphatic rings. The first-order valence-corrected chi connectivity index (χ1v) is 9.18. The van der Waals surface area contributed by atoms with Crippen LogP contribution in [0.5, 0.6) is 0 Å². The number of amides is 1. The largest absolute Gasteiger partial charge is 0.449 e. The second-order valence-corrected chi connectivity index (χ2v) is 7.47. The number of hydrogen-bond donors (Lipinski definition) is 2. The van der Waals surface area contributed by atoms with Crippen molar-refractivity contribution in [1.29, 1.82) is 0 Å². The molecule has 140 valence electrons. The Hall–Kier alpha value is -2.43. The fourth-order valence-electron chi connectivity index (χ4n) is 1.88. The van der Waals surface area contributed by atoms with Gasteiger partial charge in [-0.25, -0.2) is 17.9 Å². The van der Waals surface area contributed by atoms with Crippen LogP contribution in [0.25, 0.3) is 0 Å². The summed E-state index contributed by atoms with van der Waals surface area (Å²) in [5, 5.41) is 5.97. The van der Waals surface area contributed by atoms with Gasteiger partial charge in [-0.15, -0.1) is 0 Å². The van der Waals surface area contributed by atoms with E-state index in [1.807, 2.05) is 0 Å². The Balaban J connectivity index is 2.11. The molecule has 9 nitrogen and oxygen atoms in total. The summed E-state index contributed by atoms with van der Waals surface area (Å²) in [6.45, 7) is 3.02. The van der Waals surface area contributed by atoms with Crippen molar-refractivity contribution >= 4 is 39.3 Å². The standard InChI is InChI=1S/C15H16ClN3O6S/c1-8-6-13(19-25-8)18-14(20)9(2)24-15(21)10-4-5-11(16)12(7-10)26(22,23)17-3/h4-7,9,17H,1-3H3,(H,18,19,20). The first-order chi connectivity index (χ1) is 12.1. The van der Waals surface area contributed by atoms with Crippen molar-refractivity contribution in [1.82, 2.24) is 9.88 Å². The van der Waals surface area contributed by atoms with Gasteiger partial charge in [0.1, 0.15) is 10.7 Å². The van der Waals surface area contributed by atoms with Gasteiger partial charge in [-0.3, -0.25) is 4.79 Å². The maximum absolute atomic E-state index is 12.2. The number of ether oxygens (including phenoxy) is 1. The van der Waals surface area contributed by atoms with Crippen molar-refractivity contribution in [2.24, 2.45) is 0 Å². The van der Waals surface area contributed by atoms with Crippen LogP contribution in [0.15, 0.2) is 33.7 Å². The minimum atomic E-state index is -3.86. The van der Waals surface area contributed by atoms with E-state index in [0.29, 0.717) is 5.76 Å². The van der Waals surface area contributed by atoms with Gasteiger partial charge in [0, 0.05) is 6.07 Å². The molecule has 0 aliphatic heterocycles. The number of rotatable bonds is 6. The quantitative estimate of drug-likeness (QED) is 0.705. The number of aryl methyl sites for hydroxylation is 1. The Bertz CT molecular complexity index is 941. The lowest BCUT2D eigenvalue weighted by Crippen LogP contribution is -2.30. The number of carbonyl (C=O) groups excluding carboxylic acids is 2. The third kappa shape index (κ3) is 4.59. The molecule has 26 heavy (non-hydrogen) atoms. The Kier molecular flexibility index (Phi) is 6.01. The molecular formula is C15H16ClN3O6S. The van der Waals surface area contributed by atoms with Crippen LogP contribution >= 0.6 is 11.6 Å². The van der Waals surface area contributed by atoms with Gasteiger partial charge in [0.25, 0.3) is 5.91 Å². The molecule has 0 spiro atoms. The van der Waals surface area contributed by atoms with Crippen molar-refractivity contribution < 1.29 is 27.3 Å². The summed E-state index contributed by atoms with van der Waals surface area (Å²) in [5.41, 5.74) is -0.0693. The van der Waals surface area contributed by atoms with Crippen LogP contribution in [-0.2, 0) is 19.6 Å². The number of hydrogen-bond acceptors (Lipinski definition) is 7. The third-order valence-electron chi connectivity index (χ3n) is 3.26. The average molecular weight is 402 g/mol. The first-order valence-electron chi connectivity index (χ1n) is 7.32. The van der Waals surface area contributed by atoms with E-state index in [2.05, 4.69) is 15.2 Å². The molecule has 1 aromatic heterocycles. The summed E-state index contributed by atoms with van der Waals surface area (Å²) in [7, 11) is -2.64. The summed E-state index contributed by atoms with van der Waals surface area (Å²) >= 11 is 5.86. The smallest absolute Gasteiger partial charge is 0.338 e. The Morgan fingerprint density at radius 1 is 1.31 bits per heavy atom.